The number of amides is 1. The number of hydrogen-bond acceptors (Lipinski definition) is 5. The van der Waals surface area contributed by atoms with Gasteiger partial charge in [-0.1, -0.05) is 26.0 Å². The Balaban J connectivity index is 1.63. The Kier molecular flexibility index (Phi) is 5.26. The fraction of sp³-hybridized carbons (Fsp3) is 0.263. The highest BCUT2D eigenvalue weighted by Crippen LogP contribution is 2.17. The summed E-state index contributed by atoms with van der Waals surface area (Å²) in [5.41, 5.74) is 8.71. The van der Waals surface area contributed by atoms with Gasteiger partial charge in [0.05, 0.1) is 36.7 Å². The number of aromatic nitrogens is 4. The van der Waals surface area contributed by atoms with E-state index in [4.69, 9.17) is 5.73 Å². The fourth-order valence-corrected chi connectivity index (χ4v) is 2.61. The second-order valence-electron chi connectivity index (χ2n) is 6.52. The van der Waals surface area contributed by atoms with Crippen LogP contribution in [0.4, 0.5) is 5.82 Å². The molecule has 3 rings (SSSR count). The Morgan fingerprint density at radius 2 is 1.92 bits per heavy atom. The van der Waals surface area contributed by atoms with Gasteiger partial charge < -0.3 is 15.6 Å². The normalized spacial score (nSPS) is 10.9. The number of nitrogens with one attached hydrogen (secondary N) is 1. The highest BCUT2D eigenvalue weighted by Gasteiger charge is 2.09. The van der Waals surface area contributed by atoms with Crippen molar-refractivity contribution in [3.63, 3.8) is 0 Å². The van der Waals surface area contributed by atoms with Gasteiger partial charge in [0.15, 0.2) is 0 Å². The van der Waals surface area contributed by atoms with Gasteiger partial charge in [-0.25, -0.2) is 9.97 Å². The molecule has 0 fully saturated rings. The maximum Gasteiger partial charge on any atom is 0.251 e. The van der Waals surface area contributed by atoms with Crippen molar-refractivity contribution in [2.75, 3.05) is 5.73 Å². The van der Waals surface area contributed by atoms with Gasteiger partial charge in [-0.3, -0.25) is 9.78 Å². The summed E-state index contributed by atoms with van der Waals surface area (Å²) < 4.78 is 2.06. The molecular formula is C19H22N6O. The molecule has 3 aromatic rings. The second-order valence-corrected chi connectivity index (χ2v) is 6.52. The number of benzene rings is 1. The quantitative estimate of drug-likeness (QED) is 0.712. The summed E-state index contributed by atoms with van der Waals surface area (Å²) in [6, 6.07) is 7.23. The predicted octanol–water partition coefficient (Wildman–Crippen LogP) is 2.51. The number of anilines is 1. The van der Waals surface area contributed by atoms with E-state index in [0.29, 0.717) is 29.5 Å². The summed E-state index contributed by atoms with van der Waals surface area (Å²) in [6.45, 7) is 5.62. The van der Waals surface area contributed by atoms with E-state index < -0.39 is 0 Å². The first-order chi connectivity index (χ1) is 12.5. The number of rotatable bonds is 6. The van der Waals surface area contributed by atoms with Gasteiger partial charge in [0.25, 0.3) is 5.91 Å². The maximum atomic E-state index is 12.4. The molecule has 0 aliphatic rings. The average Bonchev–Trinajstić information content (AvgIpc) is 3.07. The van der Waals surface area contributed by atoms with E-state index >= 15 is 0 Å². The van der Waals surface area contributed by atoms with E-state index in [1.165, 1.54) is 6.20 Å². The molecule has 0 atom stereocenters. The van der Waals surface area contributed by atoms with E-state index in [-0.39, 0.29) is 5.91 Å². The first kappa shape index (κ1) is 17.6. The minimum atomic E-state index is -0.128. The molecule has 2 heterocycles. The molecule has 7 heteroatoms. The number of nitrogens with zero attached hydrogens (tertiary/aromatic N) is 4. The second kappa shape index (κ2) is 7.77. The molecule has 0 bridgehead atoms. The molecule has 0 aliphatic heterocycles. The molecule has 0 unspecified atom stereocenters. The first-order valence-corrected chi connectivity index (χ1v) is 8.48. The van der Waals surface area contributed by atoms with Crippen molar-refractivity contribution in [1.29, 1.82) is 0 Å². The lowest BCUT2D eigenvalue weighted by molar-refractivity contribution is 0.0950. The molecule has 1 aromatic carbocycles. The summed E-state index contributed by atoms with van der Waals surface area (Å²) in [5.74, 6) is 0.765. The summed E-state index contributed by atoms with van der Waals surface area (Å²) in [4.78, 5) is 24.8. The van der Waals surface area contributed by atoms with Crippen LogP contribution in [0.15, 0.2) is 49.2 Å². The molecule has 0 spiro atoms. The standard InChI is InChI=1S/C19H22N6O/c1-13(2)11-25-12-21-7-16(25)8-24-19(26)15-5-3-14(4-6-15)17-9-23-18(20)10-22-17/h3-7,9-10,12-13H,8,11H2,1-2H3,(H2,20,23)(H,24,26). The van der Waals surface area contributed by atoms with Crippen LogP contribution in [0.2, 0.25) is 0 Å². The highest BCUT2D eigenvalue weighted by molar-refractivity contribution is 5.94. The van der Waals surface area contributed by atoms with Crippen molar-refractivity contribution in [2.45, 2.75) is 26.9 Å². The lowest BCUT2D eigenvalue weighted by Gasteiger charge is -2.11. The topological polar surface area (TPSA) is 98.7 Å². The van der Waals surface area contributed by atoms with Crippen LogP contribution in [0.1, 0.15) is 29.9 Å². The number of carbonyl (C=O) groups excluding carboxylic acids is 1. The Bertz CT molecular complexity index is 868. The van der Waals surface area contributed by atoms with Crippen molar-refractivity contribution in [2.24, 2.45) is 5.92 Å². The van der Waals surface area contributed by atoms with E-state index in [9.17, 15) is 4.79 Å². The van der Waals surface area contributed by atoms with Gasteiger partial charge in [0.2, 0.25) is 0 Å². The highest BCUT2D eigenvalue weighted by atomic mass is 16.1. The van der Waals surface area contributed by atoms with Crippen molar-refractivity contribution in [1.82, 2.24) is 24.8 Å². The molecule has 134 valence electrons. The van der Waals surface area contributed by atoms with E-state index in [2.05, 4.69) is 38.7 Å². The number of imidazole rings is 1. The minimum absolute atomic E-state index is 0.128. The minimum Gasteiger partial charge on any atom is -0.382 e. The number of carbonyl (C=O) groups is 1. The van der Waals surface area contributed by atoms with Gasteiger partial charge in [-0.15, -0.1) is 0 Å². The van der Waals surface area contributed by atoms with Gasteiger partial charge in [0, 0.05) is 23.9 Å². The molecular weight excluding hydrogens is 328 g/mol. The number of nitrogen functional groups attached to an aromatic ring is 1. The van der Waals surface area contributed by atoms with Gasteiger partial charge in [0.1, 0.15) is 5.82 Å². The third-order valence-corrected chi connectivity index (χ3v) is 3.91. The van der Waals surface area contributed by atoms with Crippen molar-refractivity contribution in [3.05, 3.63) is 60.4 Å². The van der Waals surface area contributed by atoms with Crippen LogP contribution in [-0.4, -0.2) is 25.4 Å². The monoisotopic (exact) mass is 350 g/mol. The van der Waals surface area contributed by atoms with Crippen LogP contribution in [0.5, 0.6) is 0 Å². The molecule has 1 amide bonds. The maximum absolute atomic E-state index is 12.4. The van der Waals surface area contributed by atoms with Crippen LogP contribution in [0.3, 0.4) is 0 Å². The first-order valence-electron chi connectivity index (χ1n) is 8.48. The molecule has 0 radical (unpaired) electrons. The average molecular weight is 350 g/mol. The number of nitrogens with two attached hydrogens (primary N) is 1. The van der Waals surface area contributed by atoms with E-state index in [1.54, 1.807) is 30.9 Å². The lowest BCUT2D eigenvalue weighted by atomic mass is 10.1. The van der Waals surface area contributed by atoms with Gasteiger partial charge in [-0.05, 0) is 18.1 Å². The van der Waals surface area contributed by atoms with Crippen molar-refractivity contribution in [3.8, 4) is 11.3 Å². The molecule has 0 aliphatic carbocycles. The van der Waals surface area contributed by atoms with Crippen LogP contribution in [0.25, 0.3) is 11.3 Å². The summed E-state index contributed by atoms with van der Waals surface area (Å²) in [7, 11) is 0. The number of hydrogen-bond donors (Lipinski definition) is 2. The Labute approximate surface area is 152 Å². The van der Waals surface area contributed by atoms with Crippen LogP contribution in [0, 0.1) is 5.92 Å². The lowest BCUT2D eigenvalue weighted by Crippen LogP contribution is -2.24. The third kappa shape index (κ3) is 4.24. The zero-order valence-electron chi connectivity index (χ0n) is 14.9. The fourth-order valence-electron chi connectivity index (χ4n) is 2.61. The molecule has 3 N–H and O–H groups in total. The summed E-state index contributed by atoms with van der Waals surface area (Å²) in [6.07, 6.45) is 6.70. The van der Waals surface area contributed by atoms with Crippen LogP contribution >= 0.6 is 0 Å². The van der Waals surface area contributed by atoms with Crippen LogP contribution in [-0.2, 0) is 13.1 Å². The Morgan fingerprint density at radius 3 is 2.58 bits per heavy atom. The molecule has 0 saturated carbocycles. The summed E-state index contributed by atoms with van der Waals surface area (Å²) in [5, 5.41) is 2.94. The van der Waals surface area contributed by atoms with Crippen LogP contribution < -0.4 is 11.1 Å². The van der Waals surface area contributed by atoms with Gasteiger partial charge >= 0.3 is 0 Å². The predicted molar refractivity (Wildman–Crippen MR) is 100 cm³/mol. The Morgan fingerprint density at radius 1 is 1.15 bits per heavy atom. The zero-order chi connectivity index (χ0) is 18.5. The van der Waals surface area contributed by atoms with E-state index in [1.807, 2.05) is 12.1 Å². The largest absolute Gasteiger partial charge is 0.382 e. The van der Waals surface area contributed by atoms with Crippen molar-refractivity contribution < 1.29 is 4.79 Å². The van der Waals surface area contributed by atoms with E-state index in [0.717, 1.165) is 17.8 Å². The summed E-state index contributed by atoms with van der Waals surface area (Å²) >= 11 is 0. The molecule has 2 aromatic heterocycles. The van der Waals surface area contributed by atoms with Gasteiger partial charge in [-0.2, -0.15) is 0 Å². The smallest absolute Gasteiger partial charge is 0.251 e. The molecule has 0 saturated heterocycles. The van der Waals surface area contributed by atoms with Crippen molar-refractivity contribution >= 4 is 11.7 Å². The Hall–Kier alpha value is -3.22. The SMILES string of the molecule is CC(C)Cn1cncc1CNC(=O)c1ccc(-c2cnc(N)cn2)cc1. The molecule has 7 nitrogen and oxygen atoms in total. The third-order valence-electron chi connectivity index (χ3n) is 3.91. The zero-order valence-corrected chi connectivity index (χ0v) is 14.9. The molecule has 26 heavy (non-hydrogen) atoms.